The minimum atomic E-state index is 0.0557. The Kier molecular flexibility index (Phi) is 6.07. The Balaban J connectivity index is 2.64. The van der Waals surface area contributed by atoms with Crippen LogP contribution in [0.2, 0.25) is 0 Å². The third-order valence-corrected chi connectivity index (χ3v) is 4.05. The Bertz CT molecular complexity index is 482. The molecule has 0 bridgehead atoms. The lowest BCUT2D eigenvalue weighted by Crippen LogP contribution is -2.33. The summed E-state index contributed by atoms with van der Waals surface area (Å²) in [5.74, 6) is 6.45. The van der Waals surface area contributed by atoms with E-state index in [4.69, 9.17) is 5.73 Å². The number of amides is 1. The van der Waals surface area contributed by atoms with Crippen molar-refractivity contribution in [2.24, 2.45) is 17.6 Å². The number of nitrogens with zero attached hydrogens (tertiary/aromatic N) is 1. The van der Waals surface area contributed by atoms with Crippen LogP contribution in [0, 0.1) is 23.7 Å². The van der Waals surface area contributed by atoms with Crippen LogP contribution in [-0.2, 0) is 11.3 Å². The van der Waals surface area contributed by atoms with Gasteiger partial charge in [-0.2, -0.15) is 0 Å². The van der Waals surface area contributed by atoms with E-state index in [-0.39, 0.29) is 11.8 Å². The lowest BCUT2D eigenvalue weighted by molar-refractivity contribution is -0.135. The molecule has 0 radical (unpaired) electrons. The van der Waals surface area contributed by atoms with E-state index in [1.807, 2.05) is 25.4 Å². The topological polar surface area (TPSA) is 46.3 Å². The zero-order valence-corrected chi connectivity index (χ0v) is 12.9. The van der Waals surface area contributed by atoms with Crippen molar-refractivity contribution in [3.8, 4) is 11.8 Å². The van der Waals surface area contributed by atoms with E-state index in [2.05, 4.69) is 25.7 Å². The molecule has 0 aromatic carbocycles. The van der Waals surface area contributed by atoms with Gasteiger partial charge in [-0.15, -0.1) is 11.3 Å². The van der Waals surface area contributed by atoms with Crippen molar-refractivity contribution in [3.63, 3.8) is 0 Å². The number of nitrogens with two attached hydrogens (primary N) is 1. The summed E-state index contributed by atoms with van der Waals surface area (Å²) >= 11 is 1.59. The second-order valence-corrected chi connectivity index (χ2v) is 5.96. The van der Waals surface area contributed by atoms with Crippen LogP contribution in [0.25, 0.3) is 0 Å². The lowest BCUT2D eigenvalue weighted by atomic mass is 9.97. The standard InChI is InChI=1S/C15H22N2OS/c1-11(2)12(3)15(18)17(4)9-13-8-14(19-10-13)6-5-7-16/h8,10-12H,7,9,16H2,1-4H3. The largest absolute Gasteiger partial charge is 0.341 e. The van der Waals surface area contributed by atoms with Crippen molar-refractivity contribution in [2.45, 2.75) is 27.3 Å². The molecule has 4 heteroatoms. The minimum Gasteiger partial charge on any atom is -0.341 e. The van der Waals surface area contributed by atoms with Crippen molar-refractivity contribution in [1.29, 1.82) is 0 Å². The van der Waals surface area contributed by atoms with Gasteiger partial charge in [0.05, 0.1) is 11.4 Å². The van der Waals surface area contributed by atoms with Gasteiger partial charge in [0.2, 0.25) is 5.91 Å². The molecule has 1 amide bonds. The monoisotopic (exact) mass is 278 g/mol. The highest BCUT2D eigenvalue weighted by Crippen LogP contribution is 2.18. The summed E-state index contributed by atoms with van der Waals surface area (Å²) in [5, 5.41) is 2.05. The highest BCUT2D eigenvalue weighted by Gasteiger charge is 2.20. The lowest BCUT2D eigenvalue weighted by Gasteiger charge is -2.23. The predicted octanol–water partition coefficient (Wildman–Crippen LogP) is 2.31. The van der Waals surface area contributed by atoms with Gasteiger partial charge in [-0.05, 0) is 22.9 Å². The molecule has 19 heavy (non-hydrogen) atoms. The third kappa shape index (κ3) is 4.70. The average Bonchev–Trinajstić information content (AvgIpc) is 2.81. The molecular weight excluding hydrogens is 256 g/mol. The number of rotatable bonds is 4. The van der Waals surface area contributed by atoms with E-state index >= 15 is 0 Å². The first-order valence-electron chi connectivity index (χ1n) is 6.47. The van der Waals surface area contributed by atoms with Crippen molar-refractivity contribution in [3.05, 3.63) is 21.9 Å². The van der Waals surface area contributed by atoms with Gasteiger partial charge in [0.1, 0.15) is 0 Å². The molecule has 3 nitrogen and oxygen atoms in total. The van der Waals surface area contributed by atoms with Crippen LogP contribution in [0.4, 0.5) is 0 Å². The molecule has 1 aromatic heterocycles. The number of carbonyl (C=O) groups is 1. The van der Waals surface area contributed by atoms with Crippen molar-refractivity contribution >= 4 is 17.2 Å². The molecule has 1 aromatic rings. The fraction of sp³-hybridized carbons (Fsp3) is 0.533. The van der Waals surface area contributed by atoms with Crippen LogP contribution in [0.3, 0.4) is 0 Å². The SMILES string of the molecule is CC(C)C(C)C(=O)N(C)Cc1csc(C#CCN)c1. The molecule has 0 aliphatic rings. The summed E-state index contributed by atoms with van der Waals surface area (Å²) in [4.78, 5) is 14.9. The fourth-order valence-electron chi connectivity index (χ4n) is 1.65. The summed E-state index contributed by atoms with van der Waals surface area (Å²) in [5.41, 5.74) is 6.47. The van der Waals surface area contributed by atoms with Gasteiger partial charge < -0.3 is 10.6 Å². The van der Waals surface area contributed by atoms with Crippen LogP contribution in [0.15, 0.2) is 11.4 Å². The van der Waals surface area contributed by atoms with E-state index in [1.165, 1.54) is 0 Å². The fourth-order valence-corrected chi connectivity index (χ4v) is 2.42. The van der Waals surface area contributed by atoms with Crippen molar-refractivity contribution in [1.82, 2.24) is 4.90 Å². The average molecular weight is 278 g/mol. The molecule has 0 fully saturated rings. The first-order chi connectivity index (χ1) is 8.95. The van der Waals surface area contributed by atoms with Gasteiger partial charge >= 0.3 is 0 Å². The highest BCUT2D eigenvalue weighted by molar-refractivity contribution is 7.10. The normalized spacial score (nSPS) is 11.9. The van der Waals surface area contributed by atoms with E-state index in [1.54, 1.807) is 16.2 Å². The predicted molar refractivity (Wildman–Crippen MR) is 80.7 cm³/mol. The zero-order chi connectivity index (χ0) is 14.4. The smallest absolute Gasteiger partial charge is 0.225 e. The molecule has 1 unspecified atom stereocenters. The molecule has 0 saturated carbocycles. The van der Waals surface area contributed by atoms with E-state index in [0.29, 0.717) is 19.0 Å². The van der Waals surface area contributed by atoms with E-state index in [9.17, 15) is 4.79 Å². The molecular formula is C15H22N2OS. The van der Waals surface area contributed by atoms with Crippen LogP contribution in [0.5, 0.6) is 0 Å². The zero-order valence-electron chi connectivity index (χ0n) is 12.1. The quantitative estimate of drug-likeness (QED) is 0.859. The van der Waals surface area contributed by atoms with Gasteiger partial charge in [0.25, 0.3) is 0 Å². The Morgan fingerprint density at radius 1 is 1.47 bits per heavy atom. The van der Waals surface area contributed by atoms with Crippen LogP contribution in [-0.4, -0.2) is 24.4 Å². The van der Waals surface area contributed by atoms with Crippen LogP contribution < -0.4 is 5.73 Å². The summed E-state index contributed by atoms with van der Waals surface area (Å²) in [6.45, 7) is 7.13. The number of thiophene rings is 1. The second-order valence-electron chi connectivity index (χ2n) is 5.05. The van der Waals surface area contributed by atoms with Gasteiger partial charge in [-0.3, -0.25) is 4.79 Å². The summed E-state index contributed by atoms with van der Waals surface area (Å²) < 4.78 is 0. The summed E-state index contributed by atoms with van der Waals surface area (Å²) in [6.07, 6.45) is 0. The molecule has 0 aliphatic heterocycles. The van der Waals surface area contributed by atoms with Crippen LogP contribution in [0.1, 0.15) is 31.2 Å². The van der Waals surface area contributed by atoms with E-state index in [0.717, 1.165) is 10.4 Å². The second kappa shape index (κ2) is 7.32. The number of hydrogen-bond acceptors (Lipinski definition) is 3. The first-order valence-corrected chi connectivity index (χ1v) is 7.35. The van der Waals surface area contributed by atoms with Crippen molar-refractivity contribution < 1.29 is 4.79 Å². The first kappa shape index (κ1) is 15.7. The number of carbonyl (C=O) groups excluding carboxylic acids is 1. The molecule has 1 atom stereocenters. The van der Waals surface area contributed by atoms with Gasteiger partial charge in [-0.25, -0.2) is 0 Å². The Morgan fingerprint density at radius 3 is 2.74 bits per heavy atom. The maximum atomic E-state index is 12.2. The Morgan fingerprint density at radius 2 is 2.16 bits per heavy atom. The minimum absolute atomic E-state index is 0.0557. The Labute approximate surface area is 119 Å². The molecule has 104 valence electrons. The molecule has 1 rings (SSSR count). The molecule has 0 spiro atoms. The maximum Gasteiger partial charge on any atom is 0.225 e. The number of hydrogen-bond donors (Lipinski definition) is 1. The van der Waals surface area contributed by atoms with Gasteiger partial charge in [0, 0.05) is 19.5 Å². The molecule has 2 N–H and O–H groups in total. The van der Waals surface area contributed by atoms with Gasteiger partial charge in [0.15, 0.2) is 0 Å². The van der Waals surface area contributed by atoms with Gasteiger partial charge in [-0.1, -0.05) is 32.6 Å². The third-order valence-electron chi connectivity index (χ3n) is 3.15. The summed E-state index contributed by atoms with van der Waals surface area (Å²) in [6, 6.07) is 2.02. The molecule has 0 saturated heterocycles. The van der Waals surface area contributed by atoms with Crippen molar-refractivity contribution in [2.75, 3.05) is 13.6 Å². The van der Waals surface area contributed by atoms with E-state index < -0.39 is 0 Å². The maximum absolute atomic E-state index is 12.2. The summed E-state index contributed by atoms with van der Waals surface area (Å²) in [7, 11) is 1.85. The molecule has 1 heterocycles. The van der Waals surface area contributed by atoms with Crippen LogP contribution >= 0.6 is 11.3 Å². The Hall–Kier alpha value is -1.31. The highest BCUT2D eigenvalue weighted by atomic mass is 32.1. The molecule has 0 aliphatic carbocycles.